The Morgan fingerprint density at radius 3 is 1.44 bits per heavy atom. The molecular weight excluding hydrogens is 1020 g/mol. The molecule has 8 aromatic rings. The van der Waals surface area contributed by atoms with Crippen LogP contribution in [0.3, 0.4) is 0 Å². The number of esters is 1. The molecule has 8 nitrogen and oxygen atoms in total. The maximum absolute atomic E-state index is 14.1. The maximum Gasteiger partial charge on any atom is 0.338 e. The number of rotatable bonds is 13. The summed E-state index contributed by atoms with van der Waals surface area (Å²) in [7, 11) is 0. The SMILES string of the molecule is CCOC(=O)c1cccc(-n2c(C)ccc2-c2cc(Br)ccc2OCc2cc(F)cc(F)c2F)c1.Cc1ccc(-c2cc(Br)ccc2OCc2cc(F)cc(F)c2F)n1-c1cccc(C(=O)O)c1. The number of nitrogens with zero attached hydrogens (tertiary/aromatic N) is 2. The lowest BCUT2D eigenvalue weighted by molar-refractivity contribution is 0.0525. The van der Waals surface area contributed by atoms with E-state index in [-0.39, 0.29) is 36.5 Å². The van der Waals surface area contributed by atoms with Crippen molar-refractivity contribution in [3.05, 3.63) is 211 Å². The first-order valence-electron chi connectivity index (χ1n) is 20.6. The molecule has 2 aromatic heterocycles. The third-order valence-corrected chi connectivity index (χ3v) is 11.4. The predicted octanol–water partition coefficient (Wildman–Crippen LogP) is 14.3. The topological polar surface area (TPSA) is 91.9 Å². The molecule has 8 rings (SSSR count). The van der Waals surface area contributed by atoms with Crippen molar-refractivity contribution in [1.29, 1.82) is 0 Å². The molecule has 0 bridgehead atoms. The Morgan fingerprint density at radius 2 is 1.00 bits per heavy atom. The average molecular weight is 1060 g/mol. The van der Waals surface area contributed by atoms with E-state index in [4.69, 9.17) is 14.2 Å². The molecule has 2 heterocycles. The molecule has 0 spiro atoms. The number of benzene rings is 6. The highest BCUT2D eigenvalue weighted by atomic mass is 79.9. The molecule has 0 aliphatic heterocycles. The van der Waals surface area contributed by atoms with Crippen LogP contribution in [0.1, 0.15) is 50.2 Å². The lowest BCUT2D eigenvalue weighted by Gasteiger charge is -2.17. The first-order valence-corrected chi connectivity index (χ1v) is 22.2. The summed E-state index contributed by atoms with van der Waals surface area (Å²) in [5, 5.41) is 9.36. The first kappa shape index (κ1) is 48.9. The Balaban J connectivity index is 0.000000202. The molecule has 0 radical (unpaired) electrons. The minimum atomic E-state index is -1.28. The molecule has 0 aliphatic rings. The van der Waals surface area contributed by atoms with E-state index in [1.165, 1.54) is 6.07 Å². The van der Waals surface area contributed by atoms with E-state index in [9.17, 15) is 41.0 Å². The number of aromatic nitrogens is 2. The third kappa shape index (κ3) is 11.0. The number of carboxylic acid groups (broad SMARTS) is 1. The fourth-order valence-corrected chi connectivity index (χ4v) is 8.07. The van der Waals surface area contributed by atoms with Gasteiger partial charge in [-0.1, -0.05) is 44.0 Å². The molecule has 16 heteroatoms. The van der Waals surface area contributed by atoms with E-state index in [0.717, 1.165) is 43.8 Å². The normalized spacial score (nSPS) is 10.9. The van der Waals surface area contributed by atoms with Gasteiger partial charge in [0.05, 0.1) is 29.1 Å². The van der Waals surface area contributed by atoms with Crippen molar-refractivity contribution in [2.24, 2.45) is 0 Å². The summed E-state index contributed by atoms with van der Waals surface area (Å²) in [6.45, 7) is 5.06. The Bertz CT molecular complexity index is 3190. The molecule has 0 saturated heterocycles. The molecule has 0 saturated carbocycles. The molecule has 348 valence electrons. The number of hydrogen-bond acceptors (Lipinski definition) is 5. The molecule has 0 unspecified atom stereocenters. The van der Waals surface area contributed by atoms with Gasteiger partial charge in [0, 0.05) is 66.1 Å². The van der Waals surface area contributed by atoms with Crippen LogP contribution in [0.5, 0.6) is 11.5 Å². The second-order valence-electron chi connectivity index (χ2n) is 15.1. The summed E-state index contributed by atoms with van der Waals surface area (Å²) in [6.07, 6.45) is 0. The van der Waals surface area contributed by atoms with Gasteiger partial charge in [0.25, 0.3) is 0 Å². The number of carbonyl (C=O) groups is 2. The molecule has 1 N–H and O–H groups in total. The Morgan fingerprint density at radius 1 is 0.559 bits per heavy atom. The highest BCUT2D eigenvalue weighted by Gasteiger charge is 2.20. The fourth-order valence-electron chi connectivity index (χ4n) is 7.34. The lowest BCUT2D eigenvalue weighted by Crippen LogP contribution is -2.07. The van der Waals surface area contributed by atoms with E-state index >= 15 is 0 Å². The molecule has 6 aromatic carbocycles. The van der Waals surface area contributed by atoms with Crippen LogP contribution in [-0.2, 0) is 18.0 Å². The Labute approximate surface area is 403 Å². The standard InChI is InChI=1S/C27H21BrF3NO3.C25H17BrF3NO3/c1-3-34-27(33)17-5-4-6-21(12-17)32-16(2)7-9-24(32)22-13-19(28)8-10-25(22)35-15-18-11-20(29)14-23(30)26(18)31;1-14-5-7-22(30(14)19-4-2-3-15(10-19)25(31)32)20-11-17(26)6-8-23(20)33-13-16-9-18(27)12-21(28)24(16)29/h4-14H,3,15H2,1-2H3;2-12H,13H2,1H3,(H,31,32). The third-order valence-electron chi connectivity index (χ3n) is 10.5. The van der Waals surface area contributed by atoms with E-state index in [0.29, 0.717) is 51.7 Å². The molecular formula is C52H38Br2F6N2O6. The number of aromatic carboxylic acids is 1. The van der Waals surface area contributed by atoms with Crippen LogP contribution in [-0.4, -0.2) is 32.8 Å². The van der Waals surface area contributed by atoms with Gasteiger partial charge in [0.2, 0.25) is 0 Å². The van der Waals surface area contributed by atoms with Crippen LogP contribution < -0.4 is 9.47 Å². The number of halogens is 8. The van der Waals surface area contributed by atoms with Gasteiger partial charge in [-0.05, 0) is 130 Å². The van der Waals surface area contributed by atoms with Gasteiger partial charge in [-0.2, -0.15) is 0 Å². The number of hydrogen-bond donors (Lipinski definition) is 1. The minimum absolute atomic E-state index is 0.140. The number of aryl methyl sites for hydroxylation is 2. The van der Waals surface area contributed by atoms with Crippen LogP contribution >= 0.6 is 31.9 Å². The van der Waals surface area contributed by atoms with Gasteiger partial charge in [-0.3, -0.25) is 0 Å². The Hall–Kier alpha value is -7.04. The zero-order chi connectivity index (χ0) is 48.8. The fraction of sp³-hybridized carbons (Fsp3) is 0.115. The van der Waals surface area contributed by atoms with Gasteiger partial charge in [-0.15, -0.1) is 0 Å². The van der Waals surface area contributed by atoms with Crippen LogP contribution in [0.25, 0.3) is 33.9 Å². The van der Waals surface area contributed by atoms with Crippen molar-refractivity contribution in [3.63, 3.8) is 0 Å². The van der Waals surface area contributed by atoms with Gasteiger partial charge in [0.1, 0.15) is 36.3 Å². The largest absolute Gasteiger partial charge is 0.488 e. The van der Waals surface area contributed by atoms with E-state index < -0.39 is 46.8 Å². The second kappa shape index (κ2) is 21.3. The van der Waals surface area contributed by atoms with Crippen molar-refractivity contribution >= 4 is 43.8 Å². The molecule has 68 heavy (non-hydrogen) atoms. The monoisotopic (exact) mass is 1060 g/mol. The van der Waals surface area contributed by atoms with Crippen molar-refractivity contribution in [1.82, 2.24) is 9.13 Å². The van der Waals surface area contributed by atoms with Crippen molar-refractivity contribution < 1.29 is 55.2 Å². The van der Waals surface area contributed by atoms with Crippen molar-refractivity contribution in [3.8, 4) is 45.4 Å². The van der Waals surface area contributed by atoms with Crippen molar-refractivity contribution in [2.75, 3.05) is 6.61 Å². The minimum Gasteiger partial charge on any atom is -0.488 e. The van der Waals surface area contributed by atoms with Gasteiger partial charge in [-0.25, -0.2) is 35.9 Å². The summed E-state index contributed by atoms with van der Waals surface area (Å²) >= 11 is 6.91. The zero-order valence-corrected chi connectivity index (χ0v) is 39.4. The summed E-state index contributed by atoms with van der Waals surface area (Å²) < 4.78 is 105. The van der Waals surface area contributed by atoms with Crippen LogP contribution in [0.15, 0.2) is 142 Å². The number of carbonyl (C=O) groups excluding carboxylic acids is 1. The van der Waals surface area contributed by atoms with Gasteiger partial charge < -0.3 is 28.5 Å². The summed E-state index contributed by atoms with van der Waals surface area (Å²) in [6, 6.07) is 34.3. The van der Waals surface area contributed by atoms with E-state index in [2.05, 4.69) is 31.9 Å². The number of carboxylic acids is 1. The molecule has 0 fully saturated rings. The Kier molecular flexibility index (Phi) is 15.3. The van der Waals surface area contributed by atoms with Crippen molar-refractivity contribution in [2.45, 2.75) is 34.0 Å². The molecule has 0 aliphatic carbocycles. The average Bonchev–Trinajstić information content (AvgIpc) is 3.90. The van der Waals surface area contributed by atoms with Gasteiger partial charge in [0.15, 0.2) is 23.3 Å². The van der Waals surface area contributed by atoms with Crippen LogP contribution in [0.4, 0.5) is 26.3 Å². The first-order chi connectivity index (χ1) is 32.5. The predicted molar refractivity (Wildman–Crippen MR) is 251 cm³/mol. The number of ether oxygens (including phenoxy) is 3. The van der Waals surface area contributed by atoms with Gasteiger partial charge >= 0.3 is 11.9 Å². The lowest BCUT2D eigenvalue weighted by atomic mass is 10.1. The van der Waals surface area contributed by atoms with Crippen LogP contribution in [0, 0.1) is 48.8 Å². The molecule has 0 amide bonds. The highest BCUT2D eigenvalue weighted by molar-refractivity contribution is 9.10. The van der Waals surface area contributed by atoms with Crippen LogP contribution in [0.2, 0.25) is 0 Å². The summed E-state index contributed by atoms with van der Waals surface area (Å²) in [5.74, 6) is -7.38. The van der Waals surface area contributed by atoms with E-state index in [1.807, 2.05) is 59.4 Å². The maximum atomic E-state index is 14.1. The second-order valence-corrected chi connectivity index (χ2v) is 16.9. The molecule has 0 atom stereocenters. The quantitative estimate of drug-likeness (QED) is 0.0703. The smallest absolute Gasteiger partial charge is 0.338 e. The zero-order valence-electron chi connectivity index (χ0n) is 36.2. The summed E-state index contributed by atoms with van der Waals surface area (Å²) in [5.41, 5.74) is 5.89. The van der Waals surface area contributed by atoms with E-state index in [1.54, 1.807) is 73.7 Å². The highest BCUT2D eigenvalue weighted by Crippen LogP contribution is 2.38. The summed E-state index contributed by atoms with van der Waals surface area (Å²) in [4.78, 5) is 23.7.